The first-order valence-corrected chi connectivity index (χ1v) is 7.14. The summed E-state index contributed by atoms with van der Waals surface area (Å²) < 4.78 is 0. The quantitative estimate of drug-likeness (QED) is 0.653. The molecule has 6 nitrogen and oxygen atoms in total. The van der Waals surface area contributed by atoms with Gasteiger partial charge in [-0.15, -0.1) is 0 Å². The van der Waals surface area contributed by atoms with Gasteiger partial charge in [-0.2, -0.15) is 0 Å². The highest BCUT2D eigenvalue weighted by Crippen LogP contribution is 2.24. The molecule has 1 atom stereocenters. The minimum Gasteiger partial charge on any atom is -0.338 e. The maximum absolute atomic E-state index is 12.0. The molecule has 3 amide bonds. The van der Waals surface area contributed by atoms with Crippen LogP contribution in [0.1, 0.15) is 39.5 Å². The van der Waals surface area contributed by atoms with Crippen LogP contribution in [-0.4, -0.2) is 48.6 Å². The molecule has 0 aromatic rings. The molecule has 0 aromatic carbocycles. The molecule has 0 aliphatic heterocycles. The van der Waals surface area contributed by atoms with Gasteiger partial charge in [0.1, 0.15) is 0 Å². The molecule has 0 bridgehead atoms. The first-order chi connectivity index (χ1) is 9.10. The Hall–Kier alpha value is -1.14. The predicted molar refractivity (Wildman–Crippen MR) is 74.7 cm³/mol. The van der Waals surface area contributed by atoms with E-state index in [0.717, 1.165) is 12.8 Å². The fourth-order valence-electron chi connectivity index (χ4n) is 2.65. The van der Waals surface area contributed by atoms with Crippen LogP contribution in [0.15, 0.2) is 0 Å². The fourth-order valence-corrected chi connectivity index (χ4v) is 2.65. The Labute approximate surface area is 115 Å². The van der Waals surface area contributed by atoms with E-state index in [1.807, 2.05) is 13.8 Å². The van der Waals surface area contributed by atoms with Crippen molar-refractivity contribution in [2.45, 2.75) is 51.6 Å². The van der Waals surface area contributed by atoms with Gasteiger partial charge in [0.2, 0.25) is 5.91 Å². The van der Waals surface area contributed by atoms with E-state index < -0.39 is 6.03 Å². The van der Waals surface area contributed by atoms with Crippen molar-refractivity contribution in [1.29, 1.82) is 0 Å². The van der Waals surface area contributed by atoms with E-state index in [2.05, 4.69) is 15.5 Å². The van der Waals surface area contributed by atoms with Crippen molar-refractivity contribution in [2.75, 3.05) is 19.6 Å². The van der Waals surface area contributed by atoms with Crippen molar-refractivity contribution in [3.05, 3.63) is 0 Å². The lowest BCUT2D eigenvalue weighted by atomic mass is 10.1. The molecule has 0 heterocycles. The van der Waals surface area contributed by atoms with Crippen molar-refractivity contribution >= 4 is 11.9 Å². The Balaban J connectivity index is 2.56. The number of nitrogens with two attached hydrogens (primary N) is 1. The number of nitrogens with one attached hydrogen (secondary N) is 2. The third-order valence-corrected chi connectivity index (χ3v) is 3.63. The molecule has 0 radical (unpaired) electrons. The van der Waals surface area contributed by atoms with E-state index in [9.17, 15) is 9.59 Å². The smallest absolute Gasteiger partial charge is 0.321 e. The van der Waals surface area contributed by atoms with Gasteiger partial charge in [0.25, 0.3) is 0 Å². The lowest BCUT2D eigenvalue weighted by molar-refractivity contribution is -0.125. The van der Waals surface area contributed by atoms with Gasteiger partial charge >= 0.3 is 6.03 Å². The van der Waals surface area contributed by atoms with Crippen molar-refractivity contribution < 1.29 is 9.59 Å². The van der Waals surface area contributed by atoms with Gasteiger partial charge in [0.15, 0.2) is 0 Å². The van der Waals surface area contributed by atoms with Crippen LogP contribution in [0, 0.1) is 0 Å². The standard InChI is InChI=1S/C13H26N4O2/c1-3-15-13(19)16-12(18)10(2)17(9-8-14)11-6-4-5-7-11/h10-11H,3-9,14H2,1-2H3,(H2,15,16,18,19). The zero-order chi connectivity index (χ0) is 14.3. The number of nitrogens with zero attached hydrogens (tertiary/aromatic N) is 1. The highest BCUT2D eigenvalue weighted by Gasteiger charge is 2.30. The van der Waals surface area contributed by atoms with Crippen LogP contribution >= 0.6 is 0 Å². The predicted octanol–water partition coefficient (Wildman–Crippen LogP) is 0.424. The average molecular weight is 270 g/mol. The third kappa shape index (κ3) is 4.80. The van der Waals surface area contributed by atoms with Crippen LogP contribution < -0.4 is 16.4 Å². The summed E-state index contributed by atoms with van der Waals surface area (Å²) >= 11 is 0. The number of urea groups is 1. The van der Waals surface area contributed by atoms with E-state index in [1.165, 1.54) is 12.8 Å². The molecule has 4 N–H and O–H groups in total. The molecule has 1 saturated carbocycles. The van der Waals surface area contributed by atoms with Crippen LogP contribution in [-0.2, 0) is 4.79 Å². The molecular formula is C13H26N4O2. The maximum atomic E-state index is 12.0. The number of imide groups is 1. The summed E-state index contributed by atoms with van der Waals surface area (Å²) in [5, 5.41) is 4.93. The van der Waals surface area contributed by atoms with E-state index in [1.54, 1.807) is 0 Å². The van der Waals surface area contributed by atoms with Crippen LogP contribution in [0.5, 0.6) is 0 Å². The lowest BCUT2D eigenvalue weighted by Gasteiger charge is -2.33. The highest BCUT2D eigenvalue weighted by molar-refractivity contribution is 5.96. The van der Waals surface area contributed by atoms with Crippen molar-refractivity contribution in [3.8, 4) is 0 Å². The first kappa shape index (κ1) is 15.9. The highest BCUT2D eigenvalue weighted by atomic mass is 16.2. The lowest BCUT2D eigenvalue weighted by Crippen LogP contribution is -2.53. The minimum absolute atomic E-state index is 0.258. The number of amides is 3. The summed E-state index contributed by atoms with van der Waals surface area (Å²) in [6.45, 7) is 5.36. The Morgan fingerprint density at radius 3 is 2.53 bits per heavy atom. The second-order valence-corrected chi connectivity index (χ2v) is 4.99. The molecule has 1 aliphatic rings. The molecule has 6 heteroatoms. The second-order valence-electron chi connectivity index (χ2n) is 4.99. The van der Waals surface area contributed by atoms with Gasteiger partial charge in [0, 0.05) is 25.7 Å². The number of hydrogen-bond acceptors (Lipinski definition) is 4. The minimum atomic E-state index is -0.432. The number of rotatable bonds is 6. The Morgan fingerprint density at radius 2 is 2.00 bits per heavy atom. The molecule has 0 aromatic heterocycles. The number of carbonyl (C=O) groups excluding carboxylic acids is 2. The third-order valence-electron chi connectivity index (χ3n) is 3.63. The molecule has 19 heavy (non-hydrogen) atoms. The molecule has 1 fully saturated rings. The van der Waals surface area contributed by atoms with Crippen LogP contribution in [0.25, 0.3) is 0 Å². The Morgan fingerprint density at radius 1 is 1.37 bits per heavy atom. The Kier molecular flexibility index (Phi) is 6.80. The van der Waals surface area contributed by atoms with E-state index in [0.29, 0.717) is 25.7 Å². The molecule has 0 saturated heterocycles. The van der Waals surface area contributed by atoms with Crippen molar-refractivity contribution in [1.82, 2.24) is 15.5 Å². The summed E-state index contributed by atoms with van der Waals surface area (Å²) in [4.78, 5) is 25.5. The molecular weight excluding hydrogens is 244 g/mol. The average Bonchev–Trinajstić information content (AvgIpc) is 2.88. The van der Waals surface area contributed by atoms with Gasteiger partial charge < -0.3 is 11.1 Å². The summed E-state index contributed by atoms with van der Waals surface area (Å²) in [5.41, 5.74) is 5.63. The first-order valence-electron chi connectivity index (χ1n) is 7.14. The normalized spacial score (nSPS) is 17.5. The molecule has 110 valence electrons. The molecule has 1 aliphatic carbocycles. The Bertz CT molecular complexity index is 303. The van der Waals surface area contributed by atoms with Crippen molar-refractivity contribution in [3.63, 3.8) is 0 Å². The van der Waals surface area contributed by atoms with E-state index in [-0.39, 0.29) is 11.9 Å². The summed E-state index contributed by atoms with van der Waals surface area (Å²) in [7, 11) is 0. The summed E-state index contributed by atoms with van der Waals surface area (Å²) in [6, 6.07) is -0.341. The van der Waals surface area contributed by atoms with Gasteiger partial charge in [-0.3, -0.25) is 15.0 Å². The molecule has 1 rings (SSSR count). The van der Waals surface area contributed by atoms with Crippen LogP contribution in [0.4, 0.5) is 4.79 Å². The van der Waals surface area contributed by atoms with Crippen LogP contribution in [0.2, 0.25) is 0 Å². The second kappa shape index (κ2) is 8.12. The van der Waals surface area contributed by atoms with Gasteiger partial charge in [-0.25, -0.2) is 4.79 Å². The van der Waals surface area contributed by atoms with E-state index in [4.69, 9.17) is 5.73 Å². The largest absolute Gasteiger partial charge is 0.338 e. The van der Waals surface area contributed by atoms with Gasteiger partial charge in [-0.1, -0.05) is 12.8 Å². The topological polar surface area (TPSA) is 87.5 Å². The number of carbonyl (C=O) groups is 2. The van der Waals surface area contributed by atoms with E-state index >= 15 is 0 Å². The maximum Gasteiger partial charge on any atom is 0.321 e. The van der Waals surface area contributed by atoms with Crippen molar-refractivity contribution in [2.24, 2.45) is 5.73 Å². The van der Waals surface area contributed by atoms with Crippen LogP contribution in [0.3, 0.4) is 0 Å². The fraction of sp³-hybridized carbons (Fsp3) is 0.846. The molecule has 0 spiro atoms. The summed E-state index contributed by atoms with van der Waals surface area (Å²) in [5.74, 6) is -0.258. The van der Waals surface area contributed by atoms with Gasteiger partial charge in [-0.05, 0) is 26.7 Å². The zero-order valence-corrected chi connectivity index (χ0v) is 11.9. The zero-order valence-electron chi connectivity index (χ0n) is 11.9. The summed E-state index contributed by atoms with van der Waals surface area (Å²) in [6.07, 6.45) is 4.63. The monoisotopic (exact) mass is 270 g/mol. The SMILES string of the molecule is CCNC(=O)NC(=O)C(C)N(CCN)C1CCCC1. The van der Waals surface area contributed by atoms with Gasteiger partial charge in [0.05, 0.1) is 6.04 Å². The number of hydrogen-bond donors (Lipinski definition) is 3. The molecule has 1 unspecified atom stereocenters.